The number of hydrogen-bond acceptors (Lipinski definition) is 6. The first-order valence-corrected chi connectivity index (χ1v) is 13.5. The summed E-state index contributed by atoms with van der Waals surface area (Å²) in [6.07, 6.45) is 0.305. The fraction of sp³-hybridized carbons (Fsp3) is 0.333. The molecule has 30 heavy (non-hydrogen) atoms. The first kappa shape index (κ1) is 22.8. The van der Waals surface area contributed by atoms with Crippen LogP contribution in [0.2, 0.25) is 0 Å². The van der Waals surface area contributed by atoms with Gasteiger partial charge in [-0.05, 0) is 43.7 Å². The predicted octanol–water partition coefficient (Wildman–Crippen LogP) is 0.728. The van der Waals surface area contributed by atoms with Crippen LogP contribution in [0.15, 0.2) is 63.2 Å². The molecule has 1 fully saturated rings. The Morgan fingerprint density at radius 3 is 1.73 bits per heavy atom. The number of rotatable bonds is 5. The summed E-state index contributed by atoms with van der Waals surface area (Å²) in [7, 11) is -11.8. The van der Waals surface area contributed by atoms with Gasteiger partial charge in [-0.3, -0.25) is 0 Å². The molecular formula is C18H23N3O6S3. The molecule has 0 radical (unpaired) electrons. The molecular weight excluding hydrogens is 450 g/mol. The van der Waals surface area contributed by atoms with Gasteiger partial charge in [0.25, 0.3) is 0 Å². The molecule has 9 nitrogen and oxygen atoms in total. The Hall–Kier alpha value is -1.83. The SMILES string of the molecule is Cc1ccc(S(=O)(=O)N2CCCN(S(=O)(=O)c3cccc(S(N)(=O)=O)c3)CC2)cc1. The molecule has 0 aromatic heterocycles. The van der Waals surface area contributed by atoms with Gasteiger partial charge >= 0.3 is 0 Å². The van der Waals surface area contributed by atoms with Gasteiger partial charge in [0.05, 0.1) is 14.7 Å². The zero-order valence-electron chi connectivity index (χ0n) is 16.3. The van der Waals surface area contributed by atoms with Gasteiger partial charge in [0.15, 0.2) is 0 Å². The third kappa shape index (κ3) is 4.74. The molecule has 3 rings (SSSR count). The summed E-state index contributed by atoms with van der Waals surface area (Å²) >= 11 is 0. The number of primary sulfonamides is 1. The van der Waals surface area contributed by atoms with Crippen LogP contribution in [-0.2, 0) is 30.1 Å². The highest BCUT2D eigenvalue weighted by molar-refractivity contribution is 7.90. The second kappa shape index (κ2) is 8.36. The maximum atomic E-state index is 13.0. The predicted molar refractivity (Wildman–Crippen MR) is 111 cm³/mol. The number of sulfonamides is 3. The smallest absolute Gasteiger partial charge is 0.225 e. The number of hydrogen-bond donors (Lipinski definition) is 1. The van der Waals surface area contributed by atoms with E-state index >= 15 is 0 Å². The second-order valence-electron chi connectivity index (χ2n) is 6.99. The van der Waals surface area contributed by atoms with Crippen molar-refractivity contribution in [2.75, 3.05) is 26.2 Å². The monoisotopic (exact) mass is 473 g/mol. The van der Waals surface area contributed by atoms with Gasteiger partial charge in [-0.25, -0.2) is 30.4 Å². The molecule has 1 aliphatic rings. The van der Waals surface area contributed by atoms with E-state index in [0.29, 0.717) is 6.42 Å². The first-order chi connectivity index (χ1) is 13.9. The van der Waals surface area contributed by atoms with E-state index < -0.39 is 30.1 Å². The molecule has 164 valence electrons. The Kier molecular flexibility index (Phi) is 6.37. The van der Waals surface area contributed by atoms with Gasteiger partial charge in [0.1, 0.15) is 0 Å². The van der Waals surface area contributed by atoms with Crippen LogP contribution in [0, 0.1) is 6.92 Å². The van der Waals surface area contributed by atoms with Gasteiger partial charge in [-0.1, -0.05) is 23.8 Å². The van der Waals surface area contributed by atoms with E-state index in [4.69, 9.17) is 5.14 Å². The summed E-state index contributed by atoms with van der Waals surface area (Å²) in [5.74, 6) is 0. The van der Waals surface area contributed by atoms with Gasteiger partial charge < -0.3 is 0 Å². The summed E-state index contributed by atoms with van der Waals surface area (Å²) in [4.78, 5) is -0.351. The van der Waals surface area contributed by atoms with Crippen molar-refractivity contribution in [1.82, 2.24) is 8.61 Å². The lowest BCUT2D eigenvalue weighted by atomic mass is 10.2. The lowest BCUT2D eigenvalue weighted by molar-refractivity contribution is 0.404. The van der Waals surface area contributed by atoms with Crippen LogP contribution in [0.25, 0.3) is 0 Å². The molecule has 0 atom stereocenters. The Morgan fingerprint density at radius 2 is 1.20 bits per heavy atom. The second-order valence-corrected chi connectivity index (χ2v) is 12.4. The molecule has 0 spiro atoms. The van der Waals surface area contributed by atoms with Crippen LogP contribution in [0.4, 0.5) is 0 Å². The van der Waals surface area contributed by atoms with Gasteiger partial charge in [0, 0.05) is 26.2 Å². The van der Waals surface area contributed by atoms with Gasteiger partial charge in [0.2, 0.25) is 30.1 Å². The van der Waals surface area contributed by atoms with Crippen LogP contribution in [0.5, 0.6) is 0 Å². The minimum absolute atomic E-state index is 0.00961. The Labute approximate surface area is 177 Å². The maximum Gasteiger partial charge on any atom is 0.243 e. The summed E-state index contributed by atoms with van der Waals surface area (Å²) in [5.41, 5.74) is 0.934. The quantitative estimate of drug-likeness (QED) is 0.680. The van der Waals surface area contributed by atoms with Crippen molar-refractivity contribution in [3.63, 3.8) is 0 Å². The molecule has 1 saturated heterocycles. The molecule has 2 aromatic carbocycles. The first-order valence-electron chi connectivity index (χ1n) is 9.12. The molecule has 1 heterocycles. The third-order valence-corrected chi connectivity index (χ3v) is 9.56. The highest BCUT2D eigenvalue weighted by atomic mass is 32.2. The molecule has 1 aliphatic heterocycles. The zero-order chi connectivity index (χ0) is 22.2. The minimum Gasteiger partial charge on any atom is -0.225 e. The van der Waals surface area contributed by atoms with E-state index in [0.717, 1.165) is 11.6 Å². The number of aryl methyl sites for hydroxylation is 1. The topological polar surface area (TPSA) is 135 Å². The average Bonchev–Trinajstić information content (AvgIpc) is 2.95. The average molecular weight is 474 g/mol. The van der Waals surface area contributed by atoms with E-state index in [2.05, 4.69) is 0 Å². The van der Waals surface area contributed by atoms with Crippen molar-refractivity contribution in [2.24, 2.45) is 5.14 Å². The summed E-state index contributed by atoms with van der Waals surface area (Å²) < 4.78 is 77.4. The Bertz CT molecular complexity index is 1240. The number of nitrogens with zero attached hydrogens (tertiary/aromatic N) is 2. The number of benzene rings is 2. The summed E-state index contributed by atoms with van der Waals surface area (Å²) in [6.45, 7) is 2.09. The van der Waals surface area contributed by atoms with E-state index in [1.54, 1.807) is 12.1 Å². The van der Waals surface area contributed by atoms with Crippen LogP contribution >= 0.6 is 0 Å². The van der Waals surface area contributed by atoms with Crippen molar-refractivity contribution < 1.29 is 25.3 Å². The Balaban J connectivity index is 1.83. The standard InChI is InChI=1S/C18H23N3O6S3/c1-15-6-8-16(9-7-15)29(24,25)20-10-3-11-21(13-12-20)30(26,27)18-5-2-4-17(14-18)28(19,22)23/h2,4-9,14H,3,10-13H2,1H3,(H2,19,22,23). The van der Waals surface area contributed by atoms with Crippen LogP contribution in [0.1, 0.15) is 12.0 Å². The molecule has 2 aromatic rings. The molecule has 0 saturated carbocycles. The van der Waals surface area contributed by atoms with E-state index in [1.807, 2.05) is 6.92 Å². The molecule has 12 heteroatoms. The zero-order valence-corrected chi connectivity index (χ0v) is 18.7. The van der Waals surface area contributed by atoms with Gasteiger partial charge in [-0.2, -0.15) is 8.61 Å². The highest BCUT2D eigenvalue weighted by Crippen LogP contribution is 2.23. The fourth-order valence-electron chi connectivity index (χ4n) is 3.17. The van der Waals surface area contributed by atoms with Crippen molar-refractivity contribution >= 4 is 30.1 Å². The maximum absolute atomic E-state index is 13.0. The molecule has 0 bridgehead atoms. The third-order valence-electron chi connectivity index (χ3n) is 4.84. The molecule has 0 amide bonds. The van der Waals surface area contributed by atoms with Crippen LogP contribution in [0.3, 0.4) is 0 Å². The van der Waals surface area contributed by atoms with Crippen LogP contribution < -0.4 is 5.14 Å². The lowest BCUT2D eigenvalue weighted by Crippen LogP contribution is -2.37. The van der Waals surface area contributed by atoms with Crippen molar-refractivity contribution in [2.45, 2.75) is 28.0 Å². The largest absolute Gasteiger partial charge is 0.243 e. The van der Waals surface area contributed by atoms with E-state index in [9.17, 15) is 25.3 Å². The van der Waals surface area contributed by atoms with Crippen molar-refractivity contribution in [1.29, 1.82) is 0 Å². The molecule has 2 N–H and O–H groups in total. The van der Waals surface area contributed by atoms with Crippen molar-refractivity contribution in [3.05, 3.63) is 54.1 Å². The highest BCUT2D eigenvalue weighted by Gasteiger charge is 2.32. The van der Waals surface area contributed by atoms with Gasteiger partial charge in [-0.15, -0.1) is 0 Å². The molecule has 0 unspecified atom stereocenters. The van der Waals surface area contributed by atoms with Crippen molar-refractivity contribution in [3.8, 4) is 0 Å². The minimum atomic E-state index is -4.06. The lowest BCUT2D eigenvalue weighted by Gasteiger charge is -2.22. The molecule has 0 aliphatic carbocycles. The normalized spacial score (nSPS) is 17.5. The van der Waals surface area contributed by atoms with E-state index in [-0.39, 0.29) is 40.9 Å². The van der Waals surface area contributed by atoms with E-state index in [1.165, 1.54) is 38.9 Å². The van der Waals surface area contributed by atoms with Crippen LogP contribution in [-0.4, -0.2) is 60.0 Å². The summed E-state index contributed by atoms with van der Waals surface area (Å²) in [6, 6.07) is 11.3. The Morgan fingerprint density at radius 1 is 0.700 bits per heavy atom. The summed E-state index contributed by atoms with van der Waals surface area (Å²) in [5, 5.41) is 5.09. The fourth-order valence-corrected chi connectivity index (χ4v) is 6.79. The number of nitrogens with two attached hydrogens (primary N) is 1.